The van der Waals surface area contributed by atoms with Gasteiger partial charge >= 0.3 is 6.18 Å². The minimum atomic E-state index is -4.46. The number of rotatable bonds is 5. The number of hydrogen-bond donors (Lipinski definition) is 0. The molecular weight excluding hydrogens is 457 g/mol. The van der Waals surface area contributed by atoms with E-state index in [1.54, 1.807) is 18.2 Å². The van der Waals surface area contributed by atoms with Crippen LogP contribution in [0.25, 0.3) is 11.4 Å². The molecule has 11 heteroatoms. The van der Waals surface area contributed by atoms with Gasteiger partial charge in [0.15, 0.2) is 0 Å². The fraction of sp³-hybridized carbons (Fsp3) is 0.364. The molecule has 0 atom stereocenters. The molecule has 176 valence electrons. The summed E-state index contributed by atoms with van der Waals surface area (Å²) in [6.45, 7) is 5.64. The van der Waals surface area contributed by atoms with Gasteiger partial charge in [0.2, 0.25) is 21.7 Å². The van der Waals surface area contributed by atoms with Crippen LogP contribution in [-0.2, 0) is 22.7 Å². The molecule has 0 radical (unpaired) electrons. The molecule has 1 fully saturated rings. The third kappa shape index (κ3) is 5.10. The maximum Gasteiger partial charge on any atom is 0.416 e. The van der Waals surface area contributed by atoms with Crippen LogP contribution in [-0.4, -0.2) is 53.9 Å². The summed E-state index contributed by atoms with van der Waals surface area (Å²) in [5, 5.41) is 3.80. The zero-order valence-electron chi connectivity index (χ0n) is 18.1. The Balaban J connectivity index is 1.39. The number of sulfonamides is 1. The van der Waals surface area contributed by atoms with Gasteiger partial charge in [0.05, 0.1) is 17.0 Å². The largest absolute Gasteiger partial charge is 0.416 e. The first-order valence-corrected chi connectivity index (χ1v) is 11.8. The maximum absolute atomic E-state index is 13.0. The van der Waals surface area contributed by atoms with Crippen LogP contribution in [0.4, 0.5) is 13.2 Å². The van der Waals surface area contributed by atoms with E-state index in [1.165, 1.54) is 16.4 Å². The van der Waals surface area contributed by atoms with E-state index in [1.807, 2.05) is 18.7 Å². The van der Waals surface area contributed by atoms with E-state index in [0.717, 1.165) is 23.3 Å². The van der Waals surface area contributed by atoms with E-state index in [9.17, 15) is 21.6 Å². The molecule has 2 heterocycles. The highest BCUT2D eigenvalue weighted by atomic mass is 32.2. The summed E-state index contributed by atoms with van der Waals surface area (Å²) in [6, 6.07) is 9.85. The second-order valence-corrected chi connectivity index (χ2v) is 9.95. The zero-order chi connectivity index (χ0) is 23.8. The summed E-state index contributed by atoms with van der Waals surface area (Å²) in [4.78, 5) is 6.46. The minimum Gasteiger partial charge on any atom is -0.338 e. The van der Waals surface area contributed by atoms with E-state index in [0.29, 0.717) is 26.2 Å². The first-order chi connectivity index (χ1) is 15.5. The van der Waals surface area contributed by atoms with Crippen LogP contribution >= 0.6 is 0 Å². The lowest BCUT2D eigenvalue weighted by Gasteiger charge is -2.33. The Kier molecular flexibility index (Phi) is 6.30. The van der Waals surface area contributed by atoms with Crippen LogP contribution in [0, 0.1) is 13.8 Å². The molecule has 0 spiro atoms. The van der Waals surface area contributed by atoms with Gasteiger partial charge in [-0.1, -0.05) is 23.4 Å². The predicted octanol–water partition coefficient (Wildman–Crippen LogP) is 3.88. The third-order valence-electron chi connectivity index (χ3n) is 5.72. The fourth-order valence-electron chi connectivity index (χ4n) is 3.61. The molecule has 0 N–H and O–H groups in total. The number of nitrogens with zero attached hydrogens (tertiary/aromatic N) is 4. The van der Waals surface area contributed by atoms with Crippen molar-refractivity contribution in [3.05, 3.63) is 65.0 Å². The number of aromatic nitrogens is 2. The molecule has 4 rings (SSSR count). The Morgan fingerprint density at radius 1 is 1.00 bits per heavy atom. The van der Waals surface area contributed by atoms with Gasteiger partial charge in [-0.05, 0) is 49.2 Å². The topological polar surface area (TPSA) is 79.5 Å². The van der Waals surface area contributed by atoms with Crippen molar-refractivity contribution in [1.82, 2.24) is 19.3 Å². The van der Waals surface area contributed by atoms with Gasteiger partial charge in [0.25, 0.3) is 0 Å². The van der Waals surface area contributed by atoms with Crippen molar-refractivity contribution >= 4 is 10.0 Å². The highest BCUT2D eigenvalue weighted by Gasteiger charge is 2.31. The predicted molar refractivity (Wildman–Crippen MR) is 115 cm³/mol. The highest BCUT2D eigenvalue weighted by molar-refractivity contribution is 7.89. The van der Waals surface area contributed by atoms with Crippen LogP contribution in [0.15, 0.2) is 51.9 Å². The number of hydrogen-bond acceptors (Lipinski definition) is 6. The third-order valence-corrected chi connectivity index (χ3v) is 7.62. The number of benzene rings is 2. The first kappa shape index (κ1) is 23.4. The second kappa shape index (κ2) is 8.88. The molecule has 0 amide bonds. The lowest BCUT2D eigenvalue weighted by molar-refractivity contribution is -0.137. The standard InChI is InChI=1S/C22H23F3N4O3S/c1-15-6-7-19(12-16(15)2)33(30,31)29-10-8-28(9-11-29)14-20-26-21(27-32-20)17-4-3-5-18(13-17)22(23,24)25/h3-7,12-13H,8-11,14H2,1-2H3. The minimum absolute atomic E-state index is 0.0760. The van der Waals surface area contributed by atoms with Crippen molar-refractivity contribution in [3.8, 4) is 11.4 Å². The summed E-state index contributed by atoms with van der Waals surface area (Å²) in [6.07, 6.45) is -4.46. The zero-order valence-corrected chi connectivity index (χ0v) is 18.9. The van der Waals surface area contributed by atoms with Gasteiger partial charge in [-0.2, -0.15) is 22.5 Å². The Hall–Kier alpha value is -2.76. The molecule has 1 aromatic heterocycles. The maximum atomic E-state index is 13.0. The van der Waals surface area contributed by atoms with E-state index in [2.05, 4.69) is 10.1 Å². The van der Waals surface area contributed by atoms with Crippen molar-refractivity contribution in [3.63, 3.8) is 0 Å². The molecule has 7 nitrogen and oxygen atoms in total. The summed E-state index contributed by atoms with van der Waals surface area (Å²) >= 11 is 0. The SMILES string of the molecule is Cc1ccc(S(=O)(=O)N2CCN(Cc3nc(-c4cccc(C(F)(F)F)c4)no3)CC2)cc1C. The van der Waals surface area contributed by atoms with Crippen molar-refractivity contribution in [2.45, 2.75) is 31.5 Å². The average Bonchev–Trinajstić information content (AvgIpc) is 3.24. The van der Waals surface area contributed by atoms with Crippen LogP contribution in [0.1, 0.15) is 22.6 Å². The van der Waals surface area contributed by atoms with E-state index >= 15 is 0 Å². The summed E-state index contributed by atoms with van der Waals surface area (Å²) in [7, 11) is -3.58. The molecule has 2 aromatic carbocycles. The van der Waals surface area contributed by atoms with Gasteiger partial charge in [-0.15, -0.1) is 0 Å². The van der Waals surface area contributed by atoms with Crippen LogP contribution in [0.5, 0.6) is 0 Å². The monoisotopic (exact) mass is 480 g/mol. The van der Waals surface area contributed by atoms with Crippen molar-refractivity contribution in [2.75, 3.05) is 26.2 Å². The number of halogens is 3. The number of alkyl halides is 3. The molecule has 1 aliphatic heterocycles. The van der Waals surface area contributed by atoms with Crippen molar-refractivity contribution in [1.29, 1.82) is 0 Å². The molecule has 0 aliphatic carbocycles. The molecular formula is C22H23F3N4O3S. The van der Waals surface area contributed by atoms with Gasteiger partial charge in [0.1, 0.15) is 0 Å². The normalized spacial score (nSPS) is 16.3. The molecule has 33 heavy (non-hydrogen) atoms. The van der Waals surface area contributed by atoms with Crippen LogP contribution in [0.3, 0.4) is 0 Å². The Bertz CT molecular complexity index is 1250. The van der Waals surface area contributed by atoms with Crippen molar-refractivity contribution in [2.24, 2.45) is 0 Å². The number of piperazine rings is 1. The molecule has 1 saturated heterocycles. The van der Waals surface area contributed by atoms with E-state index in [-0.39, 0.29) is 28.7 Å². The van der Waals surface area contributed by atoms with Gasteiger partial charge in [-0.25, -0.2) is 8.42 Å². The summed E-state index contributed by atoms with van der Waals surface area (Å²) in [5.74, 6) is 0.333. The highest BCUT2D eigenvalue weighted by Crippen LogP contribution is 2.31. The lowest BCUT2D eigenvalue weighted by atomic mass is 10.1. The Morgan fingerprint density at radius 2 is 1.73 bits per heavy atom. The van der Waals surface area contributed by atoms with Gasteiger partial charge < -0.3 is 4.52 Å². The molecule has 0 bridgehead atoms. The first-order valence-electron chi connectivity index (χ1n) is 10.3. The van der Waals surface area contributed by atoms with E-state index < -0.39 is 21.8 Å². The molecule has 1 aliphatic rings. The van der Waals surface area contributed by atoms with Crippen LogP contribution in [0.2, 0.25) is 0 Å². The van der Waals surface area contributed by atoms with Gasteiger partial charge in [-0.3, -0.25) is 4.90 Å². The lowest BCUT2D eigenvalue weighted by Crippen LogP contribution is -2.48. The molecule has 0 saturated carbocycles. The summed E-state index contributed by atoms with van der Waals surface area (Å²) < 4.78 is 71.4. The average molecular weight is 481 g/mol. The molecule has 3 aromatic rings. The fourth-order valence-corrected chi connectivity index (χ4v) is 5.12. The quantitative estimate of drug-likeness (QED) is 0.552. The summed E-state index contributed by atoms with van der Waals surface area (Å²) in [5.41, 5.74) is 1.38. The van der Waals surface area contributed by atoms with Crippen LogP contribution < -0.4 is 0 Å². The second-order valence-electron chi connectivity index (χ2n) is 8.02. The van der Waals surface area contributed by atoms with E-state index in [4.69, 9.17) is 4.52 Å². The molecule has 0 unspecified atom stereocenters. The number of aryl methyl sites for hydroxylation is 2. The van der Waals surface area contributed by atoms with Crippen molar-refractivity contribution < 1.29 is 26.1 Å². The Morgan fingerprint density at radius 3 is 2.39 bits per heavy atom. The smallest absolute Gasteiger partial charge is 0.338 e. The van der Waals surface area contributed by atoms with Gasteiger partial charge in [0, 0.05) is 31.7 Å². The Labute approximate surface area is 189 Å².